The van der Waals surface area contributed by atoms with Crippen molar-refractivity contribution in [1.82, 2.24) is 24.9 Å². The van der Waals surface area contributed by atoms with E-state index >= 15 is 0 Å². The maximum absolute atomic E-state index is 12.3. The summed E-state index contributed by atoms with van der Waals surface area (Å²) < 4.78 is 4.64. The maximum Gasteiger partial charge on any atom is 0.224 e. The molecule has 1 amide bonds. The van der Waals surface area contributed by atoms with Crippen LogP contribution in [0.4, 0.5) is 0 Å². The zero-order chi connectivity index (χ0) is 16.4. The lowest BCUT2D eigenvalue weighted by atomic mass is 10.1. The minimum atomic E-state index is -0.151. The third kappa shape index (κ3) is 3.58. The van der Waals surface area contributed by atoms with Gasteiger partial charge in [0.1, 0.15) is 0 Å². The van der Waals surface area contributed by atoms with Crippen molar-refractivity contribution in [3.05, 3.63) is 33.3 Å². The molecular formula is C15H22BrN5O. The van der Waals surface area contributed by atoms with Crippen LogP contribution < -0.4 is 5.32 Å². The number of aryl methyl sites for hydroxylation is 3. The Hall–Kier alpha value is -1.63. The molecule has 0 spiro atoms. The van der Waals surface area contributed by atoms with Crippen LogP contribution in [0.25, 0.3) is 0 Å². The van der Waals surface area contributed by atoms with Crippen LogP contribution in [0.5, 0.6) is 0 Å². The van der Waals surface area contributed by atoms with Gasteiger partial charge < -0.3 is 5.32 Å². The quantitative estimate of drug-likeness (QED) is 0.881. The number of amides is 1. The largest absolute Gasteiger partial charge is 0.352 e. The molecule has 0 aliphatic heterocycles. The van der Waals surface area contributed by atoms with Gasteiger partial charge in [0.15, 0.2) is 0 Å². The second-order valence-electron chi connectivity index (χ2n) is 5.70. The maximum atomic E-state index is 12.3. The summed E-state index contributed by atoms with van der Waals surface area (Å²) in [6.45, 7) is 8.87. The second kappa shape index (κ2) is 6.64. The summed E-state index contributed by atoms with van der Waals surface area (Å²) in [5.41, 5.74) is 3.96. The van der Waals surface area contributed by atoms with Crippen LogP contribution in [0.1, 0.15) is 29.6 Å². The Balaban J connectivity index is 1.94. The number of halogens is 1. The first-order chi connectivity index (χ1) is 10.3. The molecule has 0 aromatic carbocycles. The molecule has 0 aliphatic rings. The number of hydrogen-bond acceptors (Lipinski definition) is 3. The van der Waals surface area contributed by atoms with Crippen LogP contribution >= 0.6 is 15.9 Å². The van der Waals surface area contributed by atoms with Crippen LogP contribution in [0.2, 0.25) is 0 Å². The van der Waals surface area contributed by atoms with Crippen LogP contribution in [0.3, 0.4) is 0 Å². The number of carbonyl (C=O) groups is 1. The van der Waals surface area contributed by atoms with Gasteiger partial charge in [0, 0.05) is 31.0 Å². The van der Waals surface area contributed by atoms with Gasteiger partial charge in [-0.3, -0.25) is 14.2 Å². The van der Waals surface area contributed by atoms with Crippen molar-refractivity contribution in [2.75, 3.05) is 0 Å². The van der Waals surface area contributed by atoms with Crippen molar-refractivity contribution in [1.29, 1.82) is 0 Å². The number of hydrogen-bond donors (Lipinski definition) is 1. The molecule has 2 aromatic heterocycles. The first-order valence-electron chi connectivity index (χ1n) is 7.26. The van der Waals surface area contributed by atoms with Gasteiger partial charge in [0.25, 0.3) is 0 Å². The Morgan fingerprint density at radius 2 is 2.00 bits per heavy atom. The molecule has 2 rings (SSSR count). The zero-order valence-corrected chi connectivity index (χ0v) is 15.2. The Kier molecular flexibility index (Phi) is 5.05. The number of nitrogens with one attached hydrogen (secondary N) is 1. The van der Waals surface area contributed by atoms with Crippen molar-refractivity contribution in [3.8, 4) is 0 Å². The zero-order valence-electron chi connectivity index (χ0n) is 13.6. The summed E-state index contributed by atoms with van der Waals surface area (Å²) in [7, 11) is 1.88. The number of nitrogens with zero attached hydrogens (tertiary/aromatic N) is 4. The lowest BCUT2D eigenvalue weighted by Crippen LogP contribution is -2.31. The fraction of sp³-hybridized carbons (Fsp3) is 0.533. The lowest BCUT2D eigenvalue weighted by Gasteiger charge is -2.13. The summed E-state index contributed by atoms with van der Waals surface area (Å²) in [4.78, 5) is 12.3. The number of aromatic nitrogens is 4. The Labute approximate surface area is 139 Å². The van der Waals surface area contributed by atoms with Gasteiger partial charge in [-0.2, -0.15) is 10.2 Å². The molecule has 1 atom stereocenters. The van der Waals surface area contributed by atoms with E-state index in [-0.39, 0.29) is 11.8 Å². The summed E-state index contributed by atoms with van der Waals surface area (Å²) >= 11 is 3.51. The van der Waals surface area contributed by atoms with Crippen molar-refractivity contribution in [2.45, 2.75) is 40.8 Å². The Bertz CT molecular complexity index is 688. The normalized spacial score (nSPS) is 12.5. The predicted octanol–water partition coefficient (Wildman–Crippen LogP) is 2.26. The van der Waals surface area contributed by atoms with Crippen molar-refractivity contribution < 1.29 is 4.79 Å². The fourth-order valence-corrected chi connectivity index (χ4v) is 2.66. The smallest absolute Gasteiger partial charge is 0.224 e. The van der Waals surface area contributed by atoms with E-state index in [1.165, 1.54) is 0 Å². The monoisotopic (exact) mass is 367 g/mol. The fourth-order valence-electron chi connectivity index (χ4n) is 2.37. The molecular weight excluding hydrogens is 346 g/mol. The highest BCUT2D eigenvalue weighted by atomic mass is 79.9. The van der Waals surface area contributed by atoms with E-state index in [0.717, 1.165) is 27.1 Å². The Morgan fingerprint density at radius 1 is 1.32 bits per heavy atom. The highest BCUT2D eigenvalue weighted by Crippen LogP contribution is 2.20. The first kappa shape index (κ1) is 16.7. The number of rotatable bonds is 5. The van der Waals surface area contributed by atoms with Crippen LogP contribution in [0.15, 0.2) is 10.7 Å². The molecule has 0 radical (unpaired) electrons. The van der Waals surface area contributed by atoms with Gasteiger partial charge in [-0.15, -0.1) is 0 Å². The molecule has 1 N–H and O–H groups in total. The molecule has 6 nitrogen and oxygen atoms in total. The Morgan fingerprint density at radius 3 is 2.50 bits per heavy atom. The van der Waals surface area contributed by atoms with Crippen molar-refractivity contribution in [2.24, 2.45) is 13.0 Å². The molecule has 0 bridgehead atoms. The van der Waals surface area contributed by atoms with Gasteiger partial charge in [-0.25, -0.2) is 0 Å². The first-order valence-corrected chi connectivity index (χ1v) is 8.05. The van der Waals surface area contributed by atoms with E-state index in [1.54, 1.807) is 4.68 Å². The van der Waals surface area contributed by atoms with Gasteiger partial charge in [-0.1, -0.05) is 6.92 Å². The molecule has 22 heavy (non-hydrogen) atoms. The minimum absolute atomic E-state index is 0.0203. The minimum Gasteiger partial charge on any atom is -0.352 e. The van der Waals surface area contributed by atoms with Crippen LogP contribution in [-0.4, -0.2) is 25.5 Å². The molecule has 2 heterocycles. The van der Waals surface area contributed by atoms with Gasteiger partial charge in [-0.05, 0) is 36.7 Å². The van der Waals surface area contributed by atoms with Crippen LogP contribution in [0, 0.1) is 26.7 Å². The molecule has 2 aromatic rings. The van der Waals surface area contributed by atoms with Crippen molar-refractivity contribution >= 4 is 21.8 Å². The van der Waals surface area contributed by atoms with E-state index < -0.39 is 0 Å². The summed E-state index contributed by atoms with van der Waals surface area (Å²) in [5.74, 6) is -0.131. The van der Waals surface area contributed by atoms with Gasteiger partial charge >= 0.3 is 0 Å². The summed E-state index contributed by atoms with van der Waals surface area (Å²) in [6.07, 6.45) is 1.93. The summed E-state index contributed by atoms with van der Waals surface area (Å²) in [6, 6.07) is 0. The lowest BCUT2D eigenvalue weighted by molar-refractivity contribution is -0.125. The van der Waals surface area contributed by atoms with Crippen molar-refractivity contribution in [3.63, 3.8) is 0 Å². The summed E-state index contributed by atoms with van der Waals surface area (Å²) in [5, 5.41) is 11.7. The molecule has 1 unspecified atom stereocenters. The van der Waals surface area contributed by atoms with Gasteiger partial charge in [0.2, 0.25) is 5.91 Å². The average Bonchev–Trinajstić information content (AvgIpc) is 2.90. The van der Waals surface area contributed by atoms with Gasteiger partial charge in [0.05, 0.1) is 28.3 Å². The van der Waals surface area contributed by atoms with E-state index in [0.29, 0.717) is 13.1 Å². The topological polar surface area (TPSA) is 64.7 Å². The van der Waals surface area contributed by atoms with Crippen LogP contribution in [-0.2, 0) is 24.9 Å². The molecule has 120 valence electrons. The SMILES string of the molecule is Cc1nn(C)cc1CNC(=O)C(C)Cn1nc(C)c(Br)c1C. The molecule has 0 saturated heterocycles. The molecule has 7 heteroatoms. The second-order valence-corrected chi connectivity index (χ2v) is 6.49. The highest BCUT2D eigenvalue weighted by Gasteiger charge is 2.17. The number of carbonyl (C=O) groups excluding carboxylic acids is 1. The molecule has 0 fully saturated rings. The van der Waals surface area contributed by atoms with E-state index in [4.69, 9.17) is 0 Å². The highest BCUT2D eigenvalue weighted by molar-refractivity contribution is 9.10. The third-order valence-electron chi connectivity index (χ3n) is 3.76. The standard InChI is InChI=1S/C15H22BrN5O/c1-9(7-21-12(4)14(16)11(3)19-21)15(22)17-6-13-8-20(5)18-10(13)2/h8-9H,6-7H2,1-5H3,(H,17,22). The average molecular weight is 368 g/mol. The molecule has 0 saturated carbocycles. The third-order valence-corrected chi connectivity index (χ3v) is 4.90. The van der Waals surface area contributed by atoms with E-state index in [1.807, 2.05) is 45.6 Å². The van der Waals surface area contributed by atoms with E-state index in [2.05, 4.69) is 31.4 Å². The predicted molar refractivity (Wildman–Crippen MR) is 88.4 cm³/mol. The molecule has 0 aliphatic carbocycles. The van der Waals surface area contributed by atoms with E-state index in [9.17, 15) is 4.79 Å².